The Kier molecular flexibility index (Phi) is 6.32. The van der Waals surface area contributed by atoms with Crippen LogP contribution in [0.2, 0.25) is 0 Å². The third-order valence-corrected chi connectivity index (χ3v) is 6.39. The molecule has 132 valence electrons. The molecule has 5 heteroatoms. The van der Waals surface area contributed by atoms with Crippen LogP contribution in [-0.2, 0) is 4.79 Å². The summed E-state index contributed by atoms with van der Waals surface area (Å²) >= 11 is 3.16. The fourth-order valence-corrected chi connectivity index (χ4v) is 4.38. The number of hydrogen-bond donors (Lipinski definition) is 0. The SMILES string of the molecule is CSc1cccc(N(C=O)Sc2ccccc2N(C)CC2CCC2)c1. The lowest BCUT2D eigenvalue weighted by molar-refractivity contribution is -0.106. The molecule has 0 N–H and O–H groups in total. The molecule has 2 aromatic carbocycles. The molecule has 0 atom stereocenters. The van der Waals surface area contributed by atoms with Crippen molar-refractivity contribution in [2.75, 3.05) is 29.1 Å². The van der Waals surface area contributed by atoms with Gasteiger partial charge in [0.15, 0.2) is 0 Å². The van der Waals surface area contributed by atoms with Crippen molar-refractivity contribution in [1.29, 1.82) is 0 Å². The van der Waals surface area contributed by atoms with Gasteiger partial charge in [0.25, 0.3) is 0 Å². The third-order valence-electron chi connectivity index (χ3n) is 4.63. The van der Waals surface area contributed by atoms with Gasteiger partial charge >= 0.3 is 0 Å². The largest absolute Gasteiger partial charge is 0.373 e. The number of para-hydroxylation sites is 1. The molecular weight excluding hydrogens is 348 g/mol. The molecule has 1 saturated carbocycles. The average molecular weight is 373 g/mol. The van der Waals surface area contributed by atoms with E-state index in [4.69, 9.17) is 0 Å². The maximum atomic E-state index is 11.7. The molecule has 3 nitrogen and oxygen atoms in total. The Morgan fingerprint density at radius 2 is 1.96 bits per heavy atom. The van der Waals surface area contributed by atoms with Gasteiger partial charge in [-0.15, -0.1) is 11.8 Å². The first-order valence-corrected chi connectivity index (χ1v) is 10.6. The Morgan fingerprint density at radius 1 is 1.16 bits per heavy atom. The van der Waals surface area contributed by atoms with Gasteiger partial charge in [0.2, 0.25) is 6.41 Å². The standard InChI is InChI=1S/C20H24N2OS2/c1-21(14-16-7-5-8-16)19-11-3-4-12-20(19)25-22(15-23)17-9-6-10-18(13-17)24-2/h3-4,6,9-13,15-16H,5,7-8,14H2,1-2H3. The summed E-state index contributed by atoms with van der Waals surface area (Å²) in [6.45, 7) is 1.08. The fourth-order valence-electron chi connectivity index (χ4n) is 3.00. The van der Waals surface area contributed by atoms with Gasteiger partial charge in [-0.2, -0.15) is 0 Å². The first kappa shape index (κ1) is 18.2. The number of hydrogen-bond acceptors (Lipinski definition) is 4. The van der Waals surface area contributed by atoms with Gasteiger partial charge in [-0.05, 0) is 67.3 Å². The average Bonchev–Trinajstić information content (AvgIpc) is 2.63. The van der Waals surface area contributed by atoms with E-state index in [9.17, 15) is 4.79 Å². The molecular formula is C20H24N2OS2. The van der Waals surface area contributed by atoms with Crippen LogP contribution in [0.5, 0.6) is 0 Å². The predicted octanol–water partition coefficient (Wildman–Crippen LogP) is 5.31. The van der Waals surface area contributed by atoms with Crippen molar-refractivity contribution in [2.45, 2.75) is 29.1 Å². The molecule has 0 saturated heterocycles. The second kappa shape index (κ2) is 8.68. The molecule has 0 bridgehead atoms. The minimum Gasteiger partial charge on any atom is -0.373 e. The van der Waals surface area contributed by atoms with E-state index in [-0.39, 0.29) is 0 Å². The summed E-state index contributed by atoms with van der Waals surface area (Å²) in [6, 6.07) is 16.4. The topological polar surface area (TPSA) is 23.6 Å². The zero-order valence-corrected chi connectivity index (χ0v) is 16.4. The van der Waals surface area contributed by atoms with Crippen molar-refractivity contribution in [2.24, 2.45) is 5.92 Å². The highest BCUT2D eigenvalue weighted by molar-refractivity contribution is 8.01. The summed E-state index contributed by atoms with van der Waals surface area (Å²) in [7, 11) is 2.15. The maximum absolute atomic E-state index is 11.7. The van der Waals surface area contributed by atoms with Crippen molar-refractivity contribution >= 4 is 41.5 Å². The highest BCUT2D eigenvalue weighted by Gasteiger charge is 2.21. The van der Waals surface area contributed by atoms with Crippen LogP contribution in [0.25, 0.3) is 0 Å². The number of carbonyl (C=O) groups excluding carboxylic acids is 1. The second-order valence-electron chi connectivity index (χ2n) is 6.37. The number of benzene rings is 2. The van der Waals surface area contributed by atoms with Crippen molar-refractivity contribution in [3.63, 3.8) is 0 Å². The number of thioether (sulfide) groups is 1. The van der Waals surface area contributed by atoms with Crippen molar-refractivity contribution in [3.8, 4) is 0 Å². The molecule has 3 rings (SSSR count). The Hall–Kier alpha value is -1.59. The van der Waals surface area contributed by atoms with Gasteiger partial charge in [-0.3, -0.25) is 9.10 Å². The zero-order chi connectivity index (χ0) is 17.6. The van der Waals surface area contributed by atoms with Crippen molar-refractivity contribution < 1.29 is 4.79 Å². The summed E-state index contributed by atoms with van der Waals surface area (Å²) in [5.41, 5.74) is 2.09. The van der Waals surface area contributed by atoms with E-state index >= 15 is 0 Å². The minimum atomic E-state index is 0.809. The lowest BCUT2D eigenvalue weighted by atomic mass is 9.85. The van der Waals surface area contributed by atoms with Crippen LogP contribution >= 0.6 is 23.7 Å². The Balaban J connectivity index is 1.79. The number of amides is 1. The number of rotatable bonds is 8. The summed E-state index contributed by atoms with van der Waals surface area (Å²) < 4.78 is 1.70. The van der Waals surface area contributed by atoms with Gasteiger partial charge < -0.3 is 4.90 Å². The summed E-state index contributed by atoms with van der Waals surface area (Å²) in [6.07, 6.45) is 6.97. The quantitative estimate of drug-likeness (QED) is 0.356. The summed E-state index contributed by atoms with van der Waals surface area (Å²) in [4.78, 5) is 16.3. The molecule has 1 aliphatic carbocycles. The molecule has 0 heterocycles. The monoisotopic (exact) mass is 372 g/mol. The minimum absolute atomic E-state index is 0.809. The van der Waals surface area contributed by atoms with Gasteiger partial charge in [-0.25, -0.2) is 0 Å². The van der Waals surface area contributed by atoms with Crippen LogP contribution in [0.1, 0.15) is 19.3 Å². The molecule has 2 aromatic rings. The number of anilines is 2. The highest BCUT2D eigenvalue weighted by atomic mass is 32.2. The molecule has 0 aromatic heterocycles. The van der Waals surface area contributed by atoms with Gasteiger partial charge in [0, 0.05) is 18.5 Å². The third kappa shape index (κ3) is 4.53. The molecule has 1 amide bonds. The summed E-state index contributed by atoms with van der Waals surface area (Å²) in [5, 5.41) is 0. The zero-order valence-electron chi connectivity index (χ0n) is 14.7. The first-order valence-electron chi connectivity index (χ1n) is 8.58. The van der Waals surface area contributed by atoms with E-state index < -0.39 is 0 Å². The Morgan fingerprint density at radius 3 is 2.64 bits per heavy atom. The van der Waals surface area contributed by atoms with Gasteiger partial charge in [-0.1, -0.05) is 24.6 Å². The molecule has 0 unspecified atom stereocenters. The fraction of sp³-hybridized carbons (Fsp3) is 0.350. The van der Waals surface area contributed by atoms with E-state index in [0.717, 1.165) is 34.4 Å². The normalized spacial score (nSPS) is 14.0. The van der Waals surface area contributed by atoms with Crippen LogP contribution in [0.3, 0.4) is 0 Å². The lowest BCUT2D eigenvalue weighted by Gasteiger charge is -2.32. The van der Waals surface area contributed by atoms with Crippen LogP contribution in [0.15, 0.2) is 58.3 Å². The Labute approximate surface area is 158 Å². The summed E-state index contributed by atoms with van der Waals surface area (Å²) in [5.74, 6) is 0.809. The highest BCUT2D eigenvalue weighted by Crippen LogP contribution is 2.36. The van der Waals surface area contributed by atoms with E-state index in [1.807, 2.05) is 30.5 Å². The van der Waals surface area contributed by atoms with E-state index in [1.54, 1.807) is 16.1 Å². The molecule has 1 aliphatic rings. The molecule has 1 fully saturated rings. The molecule has 0 spiro atoms. The second-order valence-corrected chi connectivity index (χ2v) is 8.26. The first-order chi connectivity index (χ1) is 12.2. The van der Waals surface area contributed by atoms with Gasteiger partial charge in [0.1, 0.15) is 0 Å². The van der Waals surface area contributed by atoms with Crippen LogP contribution in [-0.4, -0.2) is 26.3 Å². The Bertz CT molecular complexity index is 718. The maximum Gasteiger partial charge on any atom is 0.224 e. The molecule has 0 aliphatic heterocycles. The van der Waals surface area contributed by atoms with E-state index in [1.165, 1.54) is 36.9 Å². The van der Waals surface area contributed by atoms with Crippen molar-refractivity contribution in [3.05, 3.63) is 48.5 Å². The van der Waals surface area contributed by atoms with E-state index in [0.29, 0.717) is 0 Å². The van der Waals surface area contributed by atoms with Crippen LogP contribution in [0.4, 0.5) is 11.4 Å². The number of nitrogens with zero attached hydrogens (tertiary/aromatic N) is 2. The van der Waals surface area contributed by atoms with E-state index in [2.05, 4.69) is 36.2 Å². The van der Waals surface area contributed by atoms with Gasteiger partial charge in [0.05, 0.1) is 16.3 Å². The van der Waals surface area contributed by atoms with Crippen LogP contribution < -0.4 is 9.21 Å². The molecule has 25 heavy (non-hydrogen) atoms. The lowest BCUT2D eigenvalue weighted by Crippen LogP contribution is -2.29. The molecule has 0 radical (unpaired) electrons. The number of carbonyl (C=O) groups is 1. The van der Waals surface area contributed by atoms with Crippen molar-refractivity contribution in [1.82, 2.24) is 0 Å². The smallest absolute Gasteiger partial charge is 0.224 e. The predicted molar refractivity (Wildman–Crippen MR) is 110 cm³/mol. The van der Waals surface area contributed by atoms with Crippen LogP contribution in [0, 0.1) is 5.92 Å².